The molecule has 1 unspecified atom stereocenters. The minimum Gasteiger partial charge on any atom is -0.376 e. The van der Waals surface area contributed by atoms with Crippen molar-refractivity contribution in [2.75, 3.05) is 13.1 Å². The van der Waals surface area contributed by atoms with Crippen LogP contribution in [0.4, 0.5) is 0 Å². The van der Waals surface area contributed by atoms with E-state index in [1.165, 1.54) is 12.8 Å². The third kappa shape index (κ3) is 2.68. The van der Waals surface area contributed by atoms with Gasteiger partial charge in [0.05, 0.1) is 0 Å². The smallest absolute Gasteiger partial charge is 0.118 e. The number of hydrogen-bond acceptors (Lipinski definition) is 2. The fourth-order valence-electron chi connectivity index (χ4n) is 2.18. The van der Waals surface area contributed by atoms with Crippen LogP contribution in [0.2, 0.25) is 0 Å². The molecule has 0 aromatic heterocycles. The highest BCUT2D eigenvalue weighted by atomic mass is 16.3. The Balaban J connectivity index is 2.56. The second-order valence-corrected chi connectivity index (χ2v) is 4.63. The van der Waals surface area contributed by atoms with Gasteiger partial charge in [-0.2, -0.15) is 0 Å². The molecule has 1 N–H and O–H groups in total. The third-order valence-electron chi connectivity index (χ3n) is 3.00. The maximum Gasteiger partial charge on any atom is 0.118 e. The first-order chi connectivity index (χ1) is 6.08. The average Bonchev–Trinajstić information content (AvgIpc) is 2.09. The van der Waals surface area contributed by atoms with E-state index < -0.39 is 5.72 Å². The van der Waals surface area contributed by atoms with Gasteiger partial charge in [0.2, 0.25) is 0 Å². The summed E-state index contributed by atoms with van der Waals surface area (Å²) >= 11 is 0. The van der Waals surface area contributed by atoms with Crippen molar-refractivity contribution in [3.8, 4) is 0 Å². The van der Waals surface area contributed by atoms with Gasteiger partial charge in [-0.15, -0.1) is 0 Å². The van der Waals surface area contributed by atoms with Crippen LogP contribution >= 0.6 is 0 Å². The van der Waals surface area contributed by atoms with Gasteiger partial charge in [0, 0.05) is 13.1 Å². The molecule has 13 heavy (non-hydrogen) atoms. The highest BCUT2D eigenvalue weighted by Gasteiger charge is 2.34. The average molecular weight is 185 g/mol. The molecular formula is C11H23NO. The number of rotatable bonds is 3. The highest BCUT2D eigenvalue weighted by molar-refractivity contribution is 4.83. The van der Waals surface area contributed by atoms with Crippen molar-refractivity contribution < 1.29 is 5.11 Å². The monoisotopic (exact) mass is 185 g/mol. The second kappa shape index (κ2) is 4.43. The van der Waals surface area contributed by atoms with Crippen LogP contribution in [0.15, 0.2) is 0 Å². The lowest BCUT2D eigenvalue weighted by atomic mass is 9.95. The molecule has 0 amide bonds. The topological polar surface area (TPSA) is 23.5 Å². The molecule has 1 aliphatic rings. The number of hydrogen-bond donors (Lipinski definition) is 1. The summed E-state index contributed by atoms with van der Waals surface area (Å²) in [5.41, 5.74) is -0.497. The number of piperidine rings is 1. The molecule has 78 valence electrons. The normalized spacial score (nSPS) is 31.2. The van der Waals surface area contributed by atoms with Crippen molar-refractivity contribution >= 4 is 0 Å². The molecule has 0 saturated carbocycles. The molecule has 2 heteroatoms. The Bertz CT molecular complexity index is 158. The van der Waals surface area contributed by atoms with Crippen molar-refractivity contribution in [2.45, 2.75) is 52.2 Å². The zero-order valence-electron chi connectivity index (χ0n) is 9.21. The van der Waals surface area contributed by atoms with E-state index in [1.807, 2.05) is 0 Å². The summed E-state index contributed by atoms with van der Waals surface area (Å²) in [5, 5.41) is 10.3. The molecule has 0 spiro atoms. The van der Waals surface area contributed by atoms with E-state index in [-0.39, 0.29) is 0 Å². The van der Waals surface area contributed by atoms with Crippen LogP contribution in [-0.4, -0.2) is 28.8 Å². The minimum atomic E-state index is -0.497. The molecule has 0 aliphatic carbocycles. The second-order valence-electron chi connectivity index (χ2n) is 4.63. The van der Waals surface area contributed by atoms with Crippen molar-refractivity contribution in [2.24, 2.45) is 5.92 Å². The Labute approximate surface area is 81.9 Å². The van der Waals surface area contributed by atoms with E-state index in [4.69, 9.17) is 0 Å². The van der Waals surface area contributed by atoms with E-state index in [0.29, 0.717) is 5.92 Å². The fourth-order valence-corrected chi connectivity index (χ4v) is 2.18. The molecule has 0 aromatic rings. The van der Waals surface area contributed by atoms with Gasteiger partial charge in [0.15, 0.2) is 0 Å². The predicted molar refractivity (Wildman–Crippen MR) is 55.5 cm³/mol. The summed E-state index contributed by atoms with van der Waals surface area (Å²) in [6.07, 6.45) is 4.24. The van der Waals surface area contributed by atoms with Gasteiger partial charge in [-0.05, 0) is 31.6 Å². The van der Waals surface area contributed by atoms with Crippen LogP contribution in [0.25, 0.3) is 0 Å². The van der Waals surface area contributed by atoms with Crippen LogP contribution in [0, 0.1) is 5.92 Å². The summed E-state index contributed by atoms with van der Waals surface area (Å²) in [4.78, 5) is 2.27. The zero-order valence-corrected chi connectivity index (χ0v) is 9.21. The molecule has 1 heterocycles. The zero-order chi connectivity index (χ0) is 9.90. The van der Waals surface area contributed by atoms with Crippen LogP contribution in [0.5, 0.6) is 0 Å². The van der Waals surface area contributed by atoms with Crippen LogP contribution in [0.3, 0.4) is 0 Å². The maximum absolute atomic E-state index is 10.3. The molecule has 1 fully saturated rings. The first-order valence-electron chi connectivity index (χ1n) is 5.56. The van der Waals surface area contributed by atoms with Gasteiger partial charge in [-0.1, -0.05) is 20.8 Å². The summed E-state index contributed by atoms with van der Waals surface area (Å²) in [7, 11) is 0. The number of likely N-dealkylation sites (tertiary alicyclic amines) is 1. The van der Waals surface area contributed by atoms with Gasteiger partial charge < -0.3 is 5.11 Å². The summed E-state index contributed by atoms with van der Waals surface area (Å²) in [5.74, 6) is 0.649. The largest absolute Gasteiger partial charge is 0.376 e. The number of aliphatic hydroxyl groups is 1. The Morgan fingerprint density at radius 2 is 2.08 bits per heavy atom. The quantitative estimate of drug-likeness (QED) is 0.729. The van der Waals surface area contributed by atoms with Gasteiger partial charge in [-0.25, -0.2) is 0 Å². The van der Waals surface area contributed by atoms with Gasteiger partial charge in [0.1, 0.15) is 5.72 Å². The first-order valence-corrected chi connectivity index (χ1v) is 5.56. The molecule has 1 aliphatic heterocycles. The minimum absolute atomic E-state index is 0.497. The van der Waals surface area contributed by atoms with Crippen LogP contribution < -0.4 is 0 Å². The van der Waals surface area contributed by atoms with Crippen molar-refractivity contribution in [3.05, 3.63) is 0 Å². The van der Waals surface area contributed by atoms with E-state index in [9.17, 15) is 5.11 Å². The molecular weight excluding hydrogens is 162 g/mol. The predicted octanol–water partition coefficient (Wildman–Crippen LogP) is 2.23. The maximum atomic E-state index is 10.3. The molecule has 0 aromatic carbocycles. The Morgan fingerprint density at radius 1 is 1.38 bits per heavy atom. The van der Waals surface area contributed by atoms with Gasteiger partial charge in [0.25, 0.3) is 0 Å². The van der Waals surface area contributed by atoms with E-state index in [1.54, 1.807) is 0 Å². The van der Waals surface area contributed by atoms with E-state index in [2.05, 4.69) is 25.7 Å². The Hall–Kier alpha value is -0.0800. The van der Waals surface area contributed by atoms with E-state index in [0.717, 1.165) is 25.9 Å². The molecule has 1 saturated heterocycles. The summed E-state index contributed by atoms with van der Waals surface area (Å²) in [6.45, 7) is 8.61. The third-order valence-corrected chi connectivity index (χ3v) is 3.00. The molecule has 1 rings (SSSR count). The van der Waals surface area contributed by atoms with Crippen LogP contribution in [0.1, 0.15) is 46.5 Å². The number of nitrogens with zero attached hydrogens (tertiary/aromatic N) is 1. The first kappa shape index (κ1) is 11.0. The van der Waals surface area contributed by atoms with Crippen LogP contribution in [-0.2, 0) is 0 Å². The Kier molecular flexibility index (Phi) is 3.74. The SMILES string of the molecule is CCC1(O)CCCCN1CC(C)C. The fraction of sp³-hybridized carbons (Fsp3) is 1.00. The van der Waals surface area contributed by atoms with Gasteiger partial charge in [-0.3, -0.25) is 4.90 Å². The van der Waals surface area contributed by atoms with Gasteiger partial charge >= 0.3 is 0 Å². The van der Waals surface area contributed by atoms with E-state index >= 15 is 0 Å². The lowest BCUT2D eigenvalue weighted by Crippen LogP contribution is -2.52. The molecule has 1 atom stereocenters. The summed E-state index contributed by atoms with van der Waals surface area (Å²) in [6, 6.07) is 0. The molecule has 2 nitrogen and oxygen atoms in total. The molecule has 0 bridgehead atoms. The lowest BCUT2D eigenvalue weighted by molar-refractivity contribution is -0.138. The summed E-state index contributed by atoms with van der Waals surface area (Å²) < 4.78 is 0. The van der Waals surface area contributed by atoms with Crippen molar-refractivity contribution in [3.63, 3.8) is 0 Å². The van der Waals surface area contributed by atoms with Crippen molar-refractivity contribution in [1.82, 2.24) is 4.90 Å². The van der Waals surface area contributed by atoms with Crippen molar-refractivity contribution in [1.29, 1.82) is 0 Å². The standard InChI is InChI=1S/C11H23NO/c1-4-11(13)7-5-6-8-12(11)9-10(2)3/h10,13H,4-9H2,1-3H3. The lowest BCUT2D eigenvalue weighted by Gasteiger charge is -2.43. The highest BCUT2D eigenvalue weighted by Crippen LogP contribution is 2.28. The Morgan fingerprint density at radius 3 is 2.62 bits per heavy atom. The molecule has 0 radical (unpaired) electrons.